The Morgan fingerprint density at radius 1 is 1.07 bits per heavy atom. The quantitative estimate of drug-likeness (QED) is 0.475. The van der Waals surface area contributed by atoms with Crippen LogP contribution in [-0.4, -0.2) is 33.0 Å². The molecular weight excluding hydrogens is 396 g/mol. The van der Waals surface area contributed by atoms with Crippen molar-refractivity contribution in [3.05, 3.63) is 54.1 Å². The number of amides is 1. The third-order valence-corrected chi connectivity index (χ3v) is 4.89. The molecule has 2 aromatic rings. The number of rotatable bonds is 9. The van der Waals surface area contributed by atoms with Crippen LogP contribution in [0.4, 0.5) is 5.69 Å². The molecule has 0 saturated carbocycles. The Morgan fingerprint density at radius 2 is 1.69 bits per heavy atom. The first kappa shape index (κ1) is 22.4. The van der Waals surface area contributed by atoms with E-state index in [9.17, 15) is 18.0 Å². The Labute approximate surface area is 170 Å². The van der Waals surface area contributed by atoms with Crippen molar-refractivity contribution in [3.8, 4) is 5.75 Å². The molecule has 8 nitrogen and oxygen atoms in total. The summed E-state index contributed by atoms with van der Waals surface area (Å²) >= 11 is 0. The molecule has 0 aromatic heterocycles. The van der Waals surface area contributed by atoms with Crippen molar-refractivity contribution < 1.29 is 27.5 Å². The SMILES string of the molecule is CCCCOc1ccc(C(=O)O[C@@H](C)C(=O)Nc2ccc(S(N)(=O)=O)cc2)cc1. The average Bonchev–Trinajstić information content (AvgIpc) is 2.68. The van der Waals surface area contributed by atoms with Gasteiger partial charge in [0.1, 0.15) is 5.75 Å². The number of esters is 1. The van der Waals surface area contributed by atoms with Crippen molar-refractivity contribution in [2.24, 2.45) is 5.14 Å². The molecule has 0 radical (unpaired) electrons. The first-order chi connectivity index (χ1) is 13.7. The number of benzene rings is 2. The maximum absolute atomic E-state index is 12.2. The van der Waals surface area contributed by atoms with E-state index in [0.29, 0.717) is 23.6 Å². The summed E-state index contributed by atoms with van der Waals surface area (Å²) < 4.78 is 33.2. The molecule has 156 valence electrons. The molecule has 1 atom stereocenters. The molecule has 0 bridgehead atoms. The monoisotopic (exact) mass is 420 g/mol. The van der Waals surface area contributed by atoms with E-state index in [-0.39, 0.29) is 4.90 Å². The van der Waals surface area contributed by atoms with E-state index in [1.807, 2.05) is 0 Å². The van der Waals surface area contributed by atoms with Gasteiger partial charge in [0.25, 0.3) is 5.91 Å². The van der Waals surface area contributed by atoms with Crippen LogP contribution in [-0.2, 0) is 19.6 Å². The number of nitrogens with one attached hydrogen (secondary N) is 1. The molecule has 0 aliphatic heterocycles. The minimum Gasteiger partial charge on any atom is -0.494 e. The van der Waals surface area contributed by atoms with Crippen molar-refractivity contribution in [2.45, 2.75) is 37.7 Å². The highest BCUT2D eigenvalue weighted by Crippen LogP contribution is 2.16. The lowest BCUT2D eigenvalue weighted by Gasteiger charge is -2.14. The van der Waals surface area contributed by atoms with Gasteiger partial charge in [-0.2, -0.15) is 0 Å². The second-order valence-electron chi connectivity index (χ2n) is 6.33. The number of primary sulfonamides is 1. The van der Waals surface area contributed by atoms with E-state index in [1.165, 1.54) is 31.2 Å². The summed E-state index contributed by atoms with van der Waals surface area (Å²) in [5.41, 5.74) is 0.642. The van der Waals surface area contributed by atoms with Gasteiger partial charge in [0, 0.05) is 5.69 Å². The largest absolute Gasteiger partial charge is 0.494 e. The molecule has 0 heterocycles. The second-order valence-corrected chi connectivity index (χ2v) is 7.89. The molecule has 0 aliphatic rings. The number of carbonyl (C=O) groups is 2. The number of ether oxygens (including phenoxy) is 2. The van der Waals surface area contributed by atoms with E-state index in [4.69, 9.17) is 14.6 Å². The maximum Gasteiger partial charge on any atom is 0.338 e. The van der Waals surface area contributed by atoms with E-state index in [0.717, 1.165) is 12.8 Å². The summed E-state index contributed by atoms with van der Waals surface area (Å²) in [4.78, 5) is 24.4. The number of unbranched alkanes of at least 4 members (excludes halogenated alkanes) is 1. The van der Waals surface area contributed by atoms with E-state index in [2.05, 4.69) is 12.2 Å². The number of sulfonamides is 1. The van der Waals surface area contributed by atoms with E-state index >= 15 is 0 Å². The van der Waals surface area contributed by atoms with Crippen LogP contribution in [0.3, 0.4) is 0 Å². The lowest BCUT2D eigenvalue weighted by Crippen LogP contribution is -2.30. The molecular formula is C20H24N2O6S. The molecule has 9 heteroatoms. The van der Waals surface area contributed by atoms with Gasteiger partial charge in [-0.3, -0.25) is 4.79 Å². The summed E-state index contributed by atoms with van der Waals surface area (Å²) in [6.07, 6.45) is 0.919. The van der Waals surface area contributed by atoms with Crippen LogP contribution in [0.5, 0.6) is 5.75 Å². The zero-order valence-corrected chi connectivity index (χ0v) is 17.1. The molecule has 0 aliphatic carbocycles. The van der Waals surface area contributed by atoms with Crippen LogP contribution in [0.2, 0.25) is 0 Å². The Hall–Kier alpha value is -2.91. The fraction of sp³-hybridized carbons (Fsp3) is 0.300. The number of hydrogen-bond donors (Lipinski definition) is 2. The third kappa shape index (κ3) is 6.88. The summed E-state index contributed by atoms with van der Waals surface area (Å²) in [5.74, 6) is -0.540. The van der Waals surface area contributed by atoms with Crippen LogP contribution in [0.25, 0.3) is 0 Å². The fourth-order valence-electron chi connectivity index (χ4n) is 2.28. The van der Waals surface area contributed by atoms with Gasteiger partial charge in [-0.15, -0.1) is 0 Å². The molecule has 0 saturated heterocycles. The van der Waals surface area contributed by atoms with Crippen LogP contribution in [0, 0.1) is 0 Å². The summed E-state index contributed by atoms with van der Waals surface area (Å²) in [6.45, 7) is 4.11. The number of anilines is 1. The van der Waals surface area contributed by atoms with Crippen LogP contribution >= 0.6 is 0 Å². The van der Waals surface area contributed by atoms with Gasteiger partial charge in [0.15, 0.2) is 6.10 Å². The maximum atomic E-state index is 12.2. The highest BCUT2D eigenvalue weighted by molar-refractivity contribution is 7.89. The van der Waals surface area contributed by atoms with Crippen LogP contribution in [0.15, 0.2) is 53.4 Å². The van der Waals surface area contributed by atoms with Crippen molar-refractivity contribution in [1.82, 2.24) is 0 Å². The fourth-order valence-corrected chi connectivity index (χ4v) is 2.79. The molecule has 29 heavy (non-hydrogen) atoms. The molecule has 0 fully saturated rings. The molecule has 3 N–H and O–H groups in total. The Morgan fingerprint density at radius 3 is 2.24 bits per heavy atom. The average molecular weight is 420 g/mol. The Balaban J connectivity index is 1.90. The predicted molar refractivity (Wildman–Crippen MR) is 108 cm³/mol. The lowest BCUT2D eigenvalue weighted by molar-refractivity contribution is -0.123. The zero-order valence-electron chi connectivity index (χ0n) is 16.3. The van der Waals surface area contributed by atoms with Crippen molar-refractivity contribution >= 4 is 27.6 Å². The normalized spacial score (nSPS) is 12.1. The van der Waals surface area contributed by atoms with Gasteiger partial charge in [0.2, 0.25) is 10.0 Å². The standard InChI is InChI=1S/C20H24N2O6S/c1-3-4-13-27-17-9-5-15(6-10-17)20(24)28-14(2)19(23)22-16-7-11-18(12-8-16)29(21,25)26/h5-12,14H,3-4,13H2,1-2H3,(H,22,23)(H2,21,25,26)/t14-/m0/s1. The van der Waals surface area contributed by atoms with Crippen LogP contribution < -0.4 is 15.2 Å². The van der Waals surface area contributed by atoms with Crippen molar-refractivity contribution in [2.75, 3.05) is 11.9 Å². The Kier molecular flexibility index (Phi) is 7.74. The topological polar surface area (TPSA) is 125 Å². The summed E-state index contributed by atoms with van der Waals surface area (Å²) in [6, 6.07) is 11.8. The summed E-state index contributed by atoms with van der Waals surface area (Å²) in [7, 11) is -3.81. The number of carbonyl (C=O) groups excluding carboxylic acids is 2. The summed E-state index contributed by atoms with van der Waals surface area (Å²) in [5, 5.41) is 7.57. The highest BCUT2D eigenvalue weighted by atomic mass is 32.2. The molecule has 1 amide bonds. The van der Waals surface area contributed by atoms with Crippen LogP contribution in [0.1, 0.15) is 37.0 Å². The van der Waals surface area contributed by atoms with E-state index in [1.54, 1.807) is 24.3 Å². The molecule has 0 spiro atoms. The van der Waals surface area contributed by atoms with Gasteiger partial charge in [0.05, 0.1) is 17.1 Å². The molecule has 2 rings (SSSR count). The van der Waals surface area contributed by atoms with Gasteiger partial charge in [-0.25, -0.2) is 18.4 Å². The van der Waals surface area contributed by atoms with Gasteiger partial charge < -0.3 is 14.8 Å². The third-order valence-electron chi connectivity index (χ3n) is 3.96. The van der Waals surface area contributed by atoms with Gasteiger partial charge >= 0.3 is 5.97 Å². The minimum atomic E-state index is -3.81. The van der Waals surface area contributed by atoms with Crippen molar-refractivity contribution in [3.63, 3.8) is 0 Å². The molecule has 2 aromatic carbocycles. The minimum absolute atomic E-state index is 0.0721. The van der Waals surface area contributed by atoms with Gasteiger partial charge in [-0.05, 0) is 61.9 Å². The number of nitrogens with two attached hydrogens (primary N) is 1. The lowest BCUT2D eigenvalue weighted by atomic mass is 10.2. The first-order valence-corrected chi connectivity index (χ1v) is 10.6. The Bertz CT molecular complexity index is 940. The van der Waals surface area contributed by atoms with Crippen molar-refractivity contribution in [1.29, 1.82) is 0 Å². The smallest absolute Gasteiger partial charge is 0.338 e. The zero-order chi connectivity index (χ0) is 21.4. The number of hydrogen-bond acceptors (Lipinski definition) is 6. The second kappa shape index (κ2) is 10.0. The predicted octanol–water partition coefficient (Wildman–Crippen LogP) is 2.70. The first-order valence-electron chi connectivity index (χ1n) is 9.08. The van der Waals surface area contributed by atoms with Gasteiger partial charge in [-0.1, -0.05) is 13.3 Å². The molecule has 0 unspecified atom stereocenters. The van der Waals surface area contributed by atoms with E-state index < -0.39 is 28.0 Å². The highest BCUT2D eigenvalue weighted by Gasteiger charge is 2.19.